The van der Waals surface area contributed by atoms with Gasteiger partial charge in [0.2, 0.25) is 0 Å². The van der Waals surface area contributed by atoms with Crippen molar-refractivity contribution in [3.8, 4) is 0 Å². The Balaban J connectivity index is 2.65. The fourth-order valence-electron chi connectivity index (χ4n) is 1.27. The van der Waals surface area contributed by atoms with Crippen LogP contribution in [0, 0.1) is 0 Å². The van der Waals surface area contributed by atoms with Crippen LogP contribution >= 0.6 is 0 Å². The highest BCUT2D eigenvalue weighted by molar-refractivity contribution is 5.96. The van der Waals surface area contributed by atoms with Gasteiger partial charge in [0.15, 0.2) is 5.84 Å². The maximum atomic E-state index is 11.6. The lowest BCUT2D eigenvalue weighted by Gasteiger charge is -2.15. The maximum absolute atomic E-state index is 11.6. The van der Waals surface area contributed by atoms with Crippen molar-refractivity contribution in [3.05, 3.63) is 18.0 Å². The minimum atomic E-state index is -0.467. The Hall–Kier alpha value is -2.05. The molecular weight excluding hydrogens is 210 g/mol. The van der Waals surface area contributed by atoms with E-state index in [9.17, 15) is 4.79 Å². The van der Waals surface area contributed by atoms with E-state index in [-0.39, 0.29) is 11.7 Å². The second-order valence-electron chi connectivity index (χ2n) is 3.31. The van der Waals surface area contributed by atoms with Gasteiger partial charge in [-0.3, -0.25) is 9.89 Å². The van der Waals surface area contributed by atoms with Crippen LogP contribution < -0.4 is 11.1 Å². The van der Waals surface area contributed by atoms with Gasteiger partial charge in [-0.05, 0) is 12.5 Å². The molecule has 88 valence electrons. The Labute approximate surface area is 92.7 Å². The monoisotopic (exact) mass is 225 g/mol. The first-order chi connectivity index (χ1) is 7.69. The summed E-state index contributed by atoms with van der Waals surface area (Å²) in [6, 6.07) is 1.08. The number of nitrogens with two attached hydrogens (primary N) is 1. The molecule has 1 atom stereocenters. The van der Waals surface area contributed by atoms with Crippen molar-refractivity contribution >= 4 is 11.7 Å². The number of H-pyrrole nitrogens is 1. The molecule has 0 saturated carbocycles. The lowest BCUT2D eigenvalue weighted by molar-refractivity contribution is 0.0940. The molecule has 0 aliphatic heterocycles. The molecule has 0 aliphatic rings. The van der Waals surface area contributed by atoms with Crippen molar-refractivity contribution in [2.75, 3.05) is 0 Å². The normalized spacial score (nSPS) is 13.4. The van der Waals surface area contributed by atoms with E-state index in [0.29, 0.717) is 12.1 Å². The summed E-state index contributed by atoms with van der Waals surface area (Å²) < 4.78 is 0. The number of hydrogen-bond acceptors (Lipinski definition) is 4. The molecule has 0 aromatic carbocycles. The molecule has 7 heteroatoms. The molecule has 7 nitrogen and oxygen atoms in total. The molecular formula is C9H15N5O2. The van der Waals surface area contributed by atoms with Crippen LogP contribution in [0.4, 0.5) is 0 Å². The summed E-state index contributed by atoms with van der Waals surface area (Å²) in [5.41, 5.74) is 5.80. The first-order valence-corrected chi connectivity index (χ1v) is 4.96. The second kappa shape index (κ2) is 5.74. The van der Waals surface area contributed by atoms with Crippen molar-refractivity contribution in [2.24, 2.45) is 10.9 Å². The van der Waals surface area contributed by atoms with Gasteiger partial charge in [0.1, 0.15) is 5.69 Å². The Morgan fingerprint density at radius 3 is 3.06 bits per heavy atom. The highest BCUT2D eigenvalue weighted by Crippen LogP contribution is 1.99. The van der Waals surface area contributed by atoms with Crippen LogP contribution in [-0.2, 0) is 0 Å². The molecule has 0 bridgehead atoms. The third-order valence-electron chi connectivity index (χ3n) is 2.10. The van der Waals surface area contributed by atoms with E-state index in [4.69, 9.17) is 10.9 Å². The molecule has 1 unspecified atom stereocenters. The Kier molecular flexibility index (Phi) is 4.31. The summed E-state index contributed by atoms with van der Waals surface area (Å²) in [5, 5.41) is 20.3. The topological polar surface area (TPSA) is 116 Å². The number of aromatic amines is 1. The molecule has 0 fully saturated rings. The van der Waals surface area contributed by atoms with Crippen molar-refractivity contribution < 1.29 is 10.0 Å². The first-order valence-electron chi connectivity index (χ1n) is 4.96. The van der Waals surface area contributed by atoms with E-state index in [1.807, 2.05) is 6.92 Å². The molecule has 1 aromatic rings. The van der Waals surface area contributed by atoms with Crippen LogP contribution in [-0.4, -0.2) is 33.2 Å². The number of carbonyl (C=O) groups is 1. The van der Waals surface area contributed by atoms with E-state index in [1.165, 1.54) is 6.20 Å². The third-order valence-corrected chi connectivity index (χ3v) is 2.10. The van der Waals surface area contributed by atoms with Gasteiger partial charge in [0, 0.05) is 6.20 Å². The quantitative estimate of drug-likeness (QED) is 0.245. The predicted octanol–water partition coefficient (Wildman–Crippen LogP) is 0.0546. The van der Waals surface area contributed by atoms with Crippen molar-refractivity contribution in [1.29, 1.82) is 0 Å². The summed E-state index contributed by atoms with van der Waals surface area (Å²) in [6.07, 6.45) is 2.90. The zero-order valence-corrected chi connectivity index (χ0v) is 8.97. The van der Waals surface area contributed by atoms with Crippen LogP contribution in [0.5, 0.6) is 0 Å². The molecule has 16 heavy (non-hydrogen) atoms. The Morgan fingerprint density at radius 1 is 1.81 bits per heavy atom. The fourth-order valence-corrected chi connectivity index (χ4v) is 1.27. The number of amidine groups is 1. The van der Waals surface area contributed by atoms with Gasteiger partial charge >= 0.3 is 0 Å². The van der Waals surface area contributed by atoms with Crippen LogP contribution in [0.15, 0.2) is 17.4 Å². The summed E-state index contributed by atoms with van der Waals surface area (Å²) in [6.45, 7) is 1.94. The average molecular weight is 225 g/mol. The number of oxime groups is 1. The predicted molar refractivity (Wildman–Crippen MR) is 58.2 cm³/mol. The van der Waals surface area contributed by atoms with Crippen LogP contribution in [0.1, 0.15) is 30.3 Å². The van der Waals surface area contributed by atoms with Crippen LogP contribution in [0.2, 0.25) is 0 Å². The molecule has 0 aliphatic carbocycles. The summed E-state index contributed by atoms with van der Waals surface area (Å²) in [5.74, 6) is -0.336. The molecule has 1 heterocycles. The summed E-state index contributed by atoms with van der Waals surface area (Å²) in [7, 11) is 0. The summed E-state index contributed by atoms with van der Waals surface area (Å²) >= 11 is 0. The highest BCUT2D eigenvalue weighted by atomic mass is 16.4. The number of hydrogen-bond donors (Lipinski definition) is 4. The standard InChI is InChI=1S/C9H15N5O2/c1-2-3-6(8(10)14-16)12-9(15)7-4-5-11-13-7/h4-6,16H,2-3H2,1H3,(H2,10,14)(H,11,13)(H,12,15). The minimum absolute atomic E-state index is 0.00489. The summed E-state index contributed by atoms with van der Waals surface area (Å²) in [4.78, 5) is 11.6. The molecule has 0 saturated heterocycles. The molecule has 1 amide bonds. The minimum Gasteiger partial charge on any atom is -0.409 e. The van der Waals surface area contributed by atoms with Crippen LogP contribution in [0.3, 0.4) is 0 Å². The van der Waals surface area contributed by atoms with E-state index in [1.54, 1.807) is 6.07 Å². The molecule has 0 spiro atoms. The number of aromatic nitrogens is 2. The van der Waals surface area contributed by atoms with E-state index in [2.05, 4.69) is 20.7 Å². The number of nitrogens with one attached hydrogen (secondary N) is 2. The zero-order valence-electron chi connectivity index (χ0n) is 8.97. The van der Waals surface area contributed by atoms with E-state index >= 15 is 0 Å². The largest absolute Gasteiger partial charge is 0.409 e. The van der Waals surface area contributed by atoms with E-state index in [0.717, 1.165) is 6.42 Å². The number of nitrogens with zero attached hydrogens (tertiary/aromatic N) is 2. The van der Waals surface area contributed by atoms with Gasteiger partial charge in [-0.15, -0.1) is 0 Å². The molecule has 0 radical (unpaired) electrons. The SMILES string of the molecule is CCCC(NC(=O)c1ccn[nH]1)C(N)=NO. The van der Waals surface area contributed by atoms with Gasteiger partial charge in [-0.25, -0.2) is 0 Å². The van der Waals surface area contributed by atoms with Gasteiger partial charge in [0.05, 0.1) is 6.04 Å². The Morgan fingerprint density at radius 2 is 2.56 bits per heavy atom. The fraction of sp³-hybridized carbons (Fsp3) is 0.444. The van der Waals surface area contributed by atoms with Gasteiger partial charge in [-0.1, -0.05) is 18.5 Å². The van der Waals surface area contributed by atoms with Gasteiger partial charge < -0.3 is 16.3 Å². The smallest absolute Gasteiger partial charge is 0.269 e. The van der Waals surface area contributed by atoms with Gasteiger partial charge in [0.25, 0.3) is 5.91 Å². The Bertz CT molecular complexity index is 360. The highest BCUT2D eigenvalue weighted by Gasteiger charge is 2.17. The first kappa shape index (κ1) is 12.0. The zero-order chi connectivity index (χ0) is 12.0. The molecule has 5 N–H and O–H groups in total. The van der Waals surface area contributed by atoms with Crippen molar-refractivity contribution in [1.82, 2.24) is 15.5 Å². The lowest BCUT2D eigenvalue weighted by atomic mass is 10.1. The molecule has 1 aromatic heterocycles. The molecule has 1 rings (SSSR count). The average Bonchev–Trinajstić information content (AvgIpc) is 2.80. The second-order valence-corrected chi connectivity index (χ2v) is 3.31. The van der Waals surface area contributed by atoms with Gasteiger partial charge in [-0.2, -0.15) is 5.10 Å². The lowest BCUT2D eigenvalue weighted by Crippen LogP contribution is -2.44. The van der Waals surface area contributed by atoms with Crippen molar-refractivity contribution in [3.63, 3.8) is 0 Å². The van der Waals surface area contributed by atoms with Crippen molar-refractivity contribution in [2.45, 2.75) is 25.8 Å². The number of carbonyl (C=O) groups excluding carboxylic acids is 1. The third kappa shape index (κ3) is 2.97. The number of rotatable bonds is 5. The van der Waals surface area contributed by atoms with E-state index < -0.39 is 6.04 Å². The number of amides is 1. The van der Waals surface area contributed by atoms with Crippen LogP contribution in [0.25, 0.3) is 0 Å². The maximum Gasteiger partial charge on any atom is 0.269 e.